The summed E-state index contributed by atoms with van der Waals surface area (Å²) in [6, 6.07) is 14.3. The van der Waals surface area contributed by atoms with Crippen molar-refractivity contribution < 1.29 is 14.4 Å². The minimum atomic E-state index is -0.940. The molecule has 0 bridgehead atoms. The molecule has 1 heterocycles. The number of hydrogen-bond donors (Lipinski definition) is 2. The molecule has 0 aromatic heterocycles. The van der Waals surface area contributed by atoms with Gasteiger partial charge in [-0.25, -0.2) is 5.01 Å². The van der Waals surface area contributed by atoms with E-state index < -0.39 is 17.9 Å². The van der Waals surface area contributed by atoms with Gasteiger partial charge in [0.2, 0.25) is 5.91 Å². The molecule has 7 nitrogen and oxygen atoms in total. The molecule has 0 saturated carbocycles. The van der Waals surface area contributed by atoms with Crippen LogP contribution in [0, 0.1) is 0 Å². The van der Waals surface area contributed by atoms with Crippen LogP contribution in [0.5, 0.6) is 0 Å². The molecule has 28 heavy (non-hydrogen) atoms. The summed E-state index contributed by atoms with van der Waals surface area (Å²) in [5, 5.41) is 4.54. The van der Waals surface area contributed by atoms with Crippen LogP contribution in [0.1, 0.15) is 16.8 Å². The van der Waals surface area contributed by atoms with Crippen LogP contribution in [-0.4, -0.2) is 45.8 Å². The van der Waals surface area contributed by atoms with Crippen molar-refractivity contribution in [1.29, 1.82) is 0 Å². The smallest absolute Gasteiger partial charge is 0.269 e. The fraction of sp³-hybridized carbons (Fsp3) is 0.158. The van der Waals surface area contributed by atoms with Crippen molar-refractivity contribution in [2.45, 2.75) is 12.5 Å². The highest BCUT2D eigenvalue weighted by molar-refractivity contribution is 7.80. The summed E-state index contributed by atoms with van der Waals surface area (Å²) in [6.07, 6.45) is -0.190. The fourth-order valence-corrected chi connectivity index (χ4v) is 3.20. The van der Waals surface area contributed by atoms with E-state index in [1.165, 1.54) is 17.0 Å². The summed E-state index contributed by atoms with van der Waals surface area (Å²) < 4.78 is 0. The van der Waals surface area contributed by atoms with Crippen molar-refractivity contribution >= 4 is 52.3 Å². The Morgan fingerprint density at radius 1 is 1.14 bits per heavy atom. The zero-order chi connectivity index (χ0) is 20.3. The van der Waals surface area contributed by atoms with Crippen molar-refractivity contribution in [2.75, 3.05) is 12.4 Å². The highest BCUT2D eigenvalue weighted by Gasteiger charge is 2.42. The van der Waals surface area contributed by atoms with Gasteiger partial charge in [0, 0.05) is 23.3 Å². The van der Waals surface area contributed by atoms with Crippen LogP contribution in [0.2, 0.25) is 5.02 Å². The zero-order valence-corrected chi connectivity index (χ0v) is 16.5. The molecule has 3 amide bonds. The number of likely N-dealkylation sites (N-methyl/N-ethyl adjacent to an activating group) is 1. The summed E-state index contributed by atoms with van der Waals surface area (Å²) >= 11 is 11.2. The summed E-state index contributed by atoms with van der Waals surface area (Å²) in [4.78, 5) is 38.7. The molecule has 1 atom stereocenters. The lowest BCUT2D eigenvalue weighted by Gasteiger charge is -2.24. The van der Waals surface area contributed by atoms with Crippen LogP contribution in [-0.2, 0) is 9.59 Å². The maximum atomic E-state index is 12.5. The highest BCUT2D eigenvalue weighted by atomic mass is 35.5. The van der Waals surface area contributed by atoms with Gasteiger partial charge in [-0.15, -0.1) is 0 Å². The molecule has 0 aliphatic carbocycles. The molecule has 1 aliphatic heterocycles. The lowest BCUT2D eigenvalue weighted by atomic mass is 10.2. The van der Waals surface area contributed by atoms with Gasteiger partial charge in [0.05, 0.1) is 6.42 Å². The normalized spacial score (nSPS) is 16.3. The minimum Gasteiger partial charge on any atom is -0.326 e. The maximum absolute atomic E-state index is 12.5. The van der Waals surface area contributed by atoms with Gasteiger partial charge < -0.3 is 5.32 Å². The molecule has 9 heteroatoms. The molecule has 2 aromatic rings. The number of carbonyl (C=O) groups is 3. The highest BCUT2D eigenvalue weighted by Crippen LogP contribution is 2.20. The van der Waals surface area contributed by atoms with Gasteiger partial charge in [0.1, 0.15) is 6.04 Å². The van der Waals surface area contributed by atoms with Crippen molar-refractivity contribution in [2.24, 2.45) is 0 Å². The first kappa shape index (κ1) is 19.8. The summed E-state index contributed by atoms with van der Waals surface area (Å²) in [5.41, 5.74) is 3.55. The van der Waals surface area contributed by atoms with E-state index >= 15 is 0 Å². The van der Waals surface area contributed by atoms with Gasteiger partial charge in [0.25, 0.3) is 11.8 Å². The maximum Gasteiger partial charge on any atom is 0.269 e. The van der Waals surface area contributed by atoms with Crippen molar-refractivity contribution in [3.63, 3.8) is 0 Å². The topological polar surface area (TPSA) is 81.8 Å². The first-order valence-corrected chi connectivity index (χ1v) is 9.17. The quantitative estimate of drug-likeness (QED) is 0.732. The second-order valence-electron chi connectivity index (χ2n) is 6.14. The Bertz CT molecular complexity index is 938. The zero-order valence-electron chi connectivity index (χ0n) is 14.9. The lowest BCUT2D eigenvalue weighted by molar-refractivity contribution is -0.130. The Balaban J connectivity index is 1.73. The van der Waals surface area contributed by atoms with E-state index in [9.17, 15) is 14.4 Å². The number of halogens is 1. The summed E-state index contributed by atoms with van der Waals surface area (Å²) in [6.45, 7) is 0. The molecule has 144 valence electrons. The molecular weight excluding hydrogens is 400 g/mol. The Morgan fingerprint density at radius 2 is 1.86 bits per heavy atom. The van der Waals surface area contributed by atoms with Crippen LogP contribution in [0.25, 0.3) is 0 Å². The number of rotatable bonds is 5. The molecule has 0 unspecified atom stereocenters. The summed E-state index contributed by atoms with van der Waals surface area (Å²) in [7, 11) is 1.50. The third kappa shape index (κ3) is 4.29. The lowest BCUT2D eigenvalue weighted by Crippen LogP contribution is -2.49. The molecule has 2 N–H and O–H groups in total. The van der Waals surface area contributed by atoms with Gasteiger partial charge >= 0.3 is 0 Å². The standard InChI is InChI=1S/C19H17ClN4O3S/c1-23-18(27)15(11-16(25)21-14-9-5-8-13(20)10-14)24(19(23)28)22-17(26)12-6-3-2-4-7-12/h2-10,15H,11H2,1H3,(H,21,25)(H,22,26)/t15-/m1/s1. The van der Waals surface area contributed by atoms with Gasteiger partial charge in [-0.3, -0.25) is 24.7 Å². The molecule has 0 radical (unpaired) electrons. The Labute approximate surface area is 172 Å². The van der Waals surface area contributed by atoms with Gasteiger partial charge in [0.15, 0.2) is 5.11 Å². The van der Waals surface area contributed by atoms with E-state index in [0.29, 0.717) is 16.3 Å². The number of carbonyl (C=O) groups excluding carboxylic acids is 3. The average Bonchev–Trinajstić information content (AvgIpc) is 2.87. The van der Waals surface area contributed by atoms with E-state index in [-0.39, 0.29) is 17.4 Å². The SMILES string of the molecule is CN1C(=O)[C@@H](CC(=O)Nc2cccc(Cl)c2)N(NC(=O)c2ccccc2)C1=S. The third-order valence-corrected chi connectivity index (χ3v) is 4.87. The Hall–Kier alpha value is -2.97. The predicted molar refractivity (Wildman–Crippen MR) is 110 cm³/mol. The monoisotopic (exact) mass is 416 g/mol. The van der Waals surface area contributed by atoms with Crippen molar-refractivity contribution in [3.8, 4) is 0 Å². The number of amides is 3. The van der Waals surface area contributed by atoms with Gasteiger partial charge in [-0.1, -0.05) is 35.9 Å². The van der Waals surface area contributed by atoms with Crippen LogP contribution in [0.4, 0.5) is 5.69 Å². The number of hydrazine groups is 1. The molecular formula is C19H17ClN4O3S. The number of benzene rings is 2. The number of anilines is 1. The molecule has 1 fully saturated rings. The van der Waals surface area contributed by atoms with Gasteiger partial charge in [-0.05, 0) is 42.5 Å². The Morgan fingerprint density at radius 3 is 2.54 bits per heavy atom. The predicted octanol–water partition coefficient (Wildman–Crippen LogP) is 2.44. The number of hydrogen-bond acceptors (Lipinski definition) is 4. The molecule has 3 rings (SSSR count). The number of thiocarbonyl (C=S) groups is 1. The third-order valence-electron chi connectivity index (χ3n) is 4.17. The largest absolute Gasteiger partial charge is 0.326 e. The molecule has 1 aliphatic rings. The van der Waals surface area contributed by atoms with E-state index in [4.69, 9.17) is 23.8 Å². The van der Waals surface area contributed by atoms with E-state index in [2.05, 4.69) is 10.7 Å². The molecule has 0 spiro atoms. The average molecular weight is 417 g/mol. The fourth-order valence-electron chi connectivity index (χ4n) is 2.74. The van der Waals surface area contributed by atoms with Crippen LogP contribution in [0.15, 0.2) is 54.6 Å². The van der Waals surface area contributed by atoms with Gasteiger partial charge in [-0.2, -0.15) is 0 Å². The first-order valence-electron chi connectivity index (χ1n) is 8.39. The van der Waals surface area contributed by atoms with E-state index in [1.54, 1.807) is 54.6 Å². The second kappa shape index (κ2) is 8.37. The number of nitrogens with zero attached hydrogens (tertiary/aromatic N) is 2. The van der Waals surface area contributed by atoms with E-state index in [0.717, 1.165) is 0 Å². The van der Waals surface area contributed by atoms with Crippen LogP contribution in [0.3, 0.4) is 0 Å². The molecule has 2 aromatic carbocycles. The van der Waals surface area contributed by atoms with Crippen molar-refractivity contribution in [1.82, 2.24) is 15.3 Å². The molecule has 1 saturated heterocycles. The van der Waals surface area contributed by atoms with Crippen LogP contribution < -0.4 is 10.7 Å². The minimum absolute atomic E-state index is 0.120. The summed E-state index contributed by atoms with van der Waals surface area (Å²) in [5.74, 6) is -1.21. The van der Waals surface area contributed by atoms with E-state index in [1.807, 2.05) is 0 Å². The number of nitrogens with one attached hydrogen (secondary N) is 2. The second-order valence-corrected chi connectivity index (χ2v) is 6.94. The first-order chi connectivity index (χ1) is 13.4. The Kier molecular flexibility index (Phi) is 5.91. The van der Waals surface area contributed by atoms with Crippen molar-refractivity contribution in [3.05, 3.63) is 65.2 Å². The van der Waals surface area contributed by atoms with Crippen LogP contribution >= 0.6 is 23.8 Å².